The lowest BCUT2D eigenvalue weighted by atomic mass is 9.84. The molecule has 0 aliphatic carbocycles. The first-order valence-electron chi connectivity index (χ1n) is 7.27. The van der Waals surface area contributed by atoms with Crippen molar-refractivity contribution >= 4 is 11.9 Å². The largest absolute Gasteiger partial charge is 0.481 e. The highest BCUT2D eigenvalue weighted by atomic mass is 16.4. The van der Waals surface area contributed by atoms with E-state index < -0.39 is 5.97 Å². The number of hydrogen-bond acceptors (Lipinski definition) is 3. The Morgan fingerprint density at radius 1 is 1.20 bits per heavy atom. The van der Waals surface area contributed by atoms with E-state index in [2.05, 4.69) is 19.2 Å². The van der Waals surface area contributed by atoms with Crippen LogP contribution in [0, 0.1) is 17.3 Å². The summed E-state index contributed by atoms with van der Waals surface area (Å²) < 4.78 is 0. The van der Waals surface area contributed by atoms with Gasteiger partial charge in [-0.1, -0.05) is 34.6 Å². The Morgan fingerprint density at radius 3 is 2.10 bits per heavy atom. The zero-order chi connectivity index (χ0) is 15.9. The molecule has 0 saturated carbocycles. The maximum absolute atomic E-state index is 12.1. The Labute approximate surface area is 122 Å². The molecule has 0 saturated heterocycles. The normalized spacial score (nSPS) is 14.9. The van der Waals surface area contributed by atoms with Gasteiger partial charge in [-0.25, -0.2) is 0 Å². The summed E-state index contributed by atoms with van der Waals surface area (Å²) in [5.74, 6) is -0.362. The fraction of sp³-hybridized carbons (Fsp3) is 0.867. The number of carboxylic acids is 1. The standard InChI is InChI=1S/C15H30N2O3/c1-10(2)6-11(9-16)7-13(18)17-12(8-14(19)20)15(3,4)5/h10-12H,6-9,16H2,1-5H3,(H,17,18)(H,19,20)/t11-,12?/m0/s1. The highest BCUT2D eigenvalue weighted by Gasteiger charge is 2.29. The van der Waals surface area contributed by atoms with Crippen molar-refractivity contribution in [3.8, 4) is 0 Å². The van der Waals surface area contributed by atoms with Crippen LogP contribution < -0.4 is 11.1 Å². The van der Waals surface area contributed by atoms with Crippen LogP contribution in [0.4, 0.5) is 0 Å². The maximum Gasteiger partial charge on any atom is 0.305 e. The third kappa shape index (κ3) is 8.15. The first kappa shape index (κ1) is 18.9. The van der Waals surface area contributed by atoms with Gasteiger partial charge in [0.2, 0.25) is 5.91 Å². The van der Waals surface area contributed by atoms with Crippen molar-refractivity contribution in [3.63, 3.8) is 0 Å². The molecule has 0 aromatic heterocycles. The summed E-state index contributed by atoms with van der Waals surface area (Å²) in [6.07, 6.45) is 1.20. The number of carboxylic acid groups (broad SMARTS) is 1. The van der Waals surface area contributed by atoms with Gasteiger partial charge in [0.25, 0.3) is 0 Å². The number of nitrogens with two attached hydrogens (primary N) is 1. The topological polar surface area (TPSA) is 92.4 Å². The van der Waals surface area contributed by atoms with Gasteiger partial charge in [-0.2, -0.15) is 0 Å². The van der Waals surface area contributed by atoms with Gasteiger partial charge < -0.3 is 16.2 Å². The van der Waals surface area contributed by atoms with Crippen molar-refractivity contribution in [2.24, 2.45) is 23.0 Å². The van der Waals surface area contributed by atoms with E-state index in [0.717, 1.165) is 6.42 Å². The Hall–Kier alpha value is -1.10. The average Bonchev–Trinajstić information content (AvgIpc) is 2.24. The van der Waals surface area contributed by atoms with Crippen LogP contribution in [-0.4, -0.2) is 29.6 Å². The molecule has 20 heavy (non-hydrogen) atoms. The Bertz CT molecular complexity index is 322. The minimum atomic E-state index is -0.900. The minimum Gasteiger partial charge on any atom is -0.481 e. The molecule has 2 atom stereocenters. The van der Waals surface area contributed by atoms with E-state index in [1.165, 1.54) is 0 Å². The van der Waals surface area contributed by atoms with E-state index in [9.17, 15) is 9.59 Å². The number of nitrogens with one attached hydrogen (secondary N) is 1. The highest BCUT2D eigenvalue weighted by molar-refractivity contribution is 5.77. The second-order valence-electron chi connectivity index (χ2n) is 7.02. The molecule has 5 nitrogen and oxygen atoms in total. The number of hydrogen-bond donors (Lipinski definition) is 3. The third-order valence-corrected chi connectivity index (χ3v) is 3.37. The average molecular weight is 286 g/mol. The van der Waals surface area contributed by atoms with Crippen molar-refractivity contribution in [1.29, 1.82) is 0 Å². The van der Waals surface area contributed by atoms with E-state index in [1.54, 1.807) is 0 Å². The fourth-order valence-corrected chi connectivity index (χ4v) is 2.19. The van der Waals surface area contributed by atoms with Crippen LogP contribution in [-0.2, 0) is 9.59 Å². The molecule has 0 aliphatic rings. The smallest absolute Gasteiger partial charge is 0.305 e. The Morgan fingerprint density at radius 2 is 1.75 bits per heavy atom. The SMILES string of the molecule is CC(C)C[C@H](CN)CC(=O)NC(CC(=O)O)C(C)(C)C. The van der Waals surface area contributed by atoms with Crippen LogP contribution in [0.1, 0.15) is 53.9 Å². The number of amides is 1. The van der Waals surface area contributed by atoms with Gasteiger partial charge >= 0.3 is 5.97 Å². The molecule has 4 N–H and O–H groups in total. The predicted octanol–water partition coefficient (Wildman–Crippen LogP) is 2.00. The molecule has 118 valence electrons. The van der Waals surface area contributed by atoms with Gasteiger partial charge in [0.15, 0.2) is 0 Å². The summed E-state index contributed by atoms with van der Waals surface area (Å²) in [7, 11) is 0. The molecule has 0 aromatic rings. The molecule has 1 amide bonds. The summed E-state index contributed by atoms with van der Waals surface area (Å²) in [6.45, 7) is 10.5. The van der Waals surface area contributed by atoms with Crippen molar-refractivity contribution in [2.45, 2.75) is 59.9 Å². The van der Waals surface area contributed by atoms with Gasteiger partial charge in [-0.15, -0.1) is 0 Å². The monoisotopic (exact) mass is 286 g/mol. The van der Waals surface area contributed by atoms with Crippen LogP contribution in [0.25, 0.3) is 0 Å². The van der Waals surface area contributed by atoms with Gasteiger partial charge in [0.1, 0.15) is 0 Å². The first-order chi connectivity index (χ1) is 9.06. The summed E-state index contributed by atoms with van der Waals surface area (Å²) in [6, 6.07) is -0.370. The lowest BCUT2D eigenvalue weighted by molar-refractivity contribution is -0.138. The zero-order valence-electron chi connectivity index (χ0n) is 13.4. The molecular weight excluding hydrogens is 256 g/mol. The van der Waals surface area contributed by atoms with E-state index in [0.29, 0.717) is 18.9 Å². The van der Waals surface area contributed by atoms with Crippen LogP contribution in [0.5, 0.6) is 0 Å². The molecule has 0 heterocycles. The molecule has 0 spiro atoms. The van der Waals surface area contributed by atoms with E-state index >= 15 is 0 Å². The van der Waals surface area contributed by atoms with Crippen LogP contribution in [0.2, 0.25) is 0 Å². The van der Waals surface area contributed by atoms with Gasteiger partial charge in [-0.05, 0) is 30.2 Å². The quantitative estimate of drug-likeness (QED) is 0.636. The third-order valence-electron chi connectivity index (χ3n) is 3.37. The number of carbonyl (C=O) groups excluding carboxylic acids is 1. The van der Waals surface area contributed by atoms with Crippen molar-refractivity contribution < 1.29 is 14.7 Å². The molecule has 0 rings (SSSR count). The van der Waals surface area contributed by atoms with Gasteiger partial charge in [-0.3, -0.25) is 9.59 Å². The number of rotatable bonds is 8. The molecule has 0 bridgehead atoms. The molecular formula is C15H30N2O3. The lowest BCUT2D eigenvalue weighted by Gasteiger charge is -2.31. The van der Waals surface area contributed by atoms with Crippen LogP contribution >= 0.6 is 0 Å². The molecule has 0 fully saturated rings. The van der Waals surface area contributed by atoms with E-state index in [-0.39, 0.29) is 29.7 Å². The maximum atomic E-state index is 12.1. The number of carbonyl (C=O) groups is 2. The number of aliphatic carboxylic acids is 1. The Kier molecular flexibility index (Phi) is 7.79. The summed E-state index contributed by atoms with van der Waals surface area (Å²) in [4.78, 5) is 23.0. The summed E-state index contributed by atoms with van der Waals surface area (Å²) >= 11 is 0. The molecule has 0 aliphatic heterocycles. The molecule has 1 unspecified atom stereocenters. The van der Waals surface area contributed by atoms with Gasteiger partial charge in [0.05, 0.1) is 6.42 Å². The second-order valence-corrected chi connectivity index (χ2v) is 7.02. The van der Waals surface area contributed by atoms with Crippen molar-refractivity contribution in [3.05, 3.63) is 0 Å². The van der Waals surface area contributed by atoms with E-state index in [1.807, 2.05) is 20.8 Å². The highest BCUT2D eigenvalue weighted by Crippen LogP contribution is 2.22. The summed E-state index contributed by atoms with van der Waals surface area (Å²) in [5.41, 5.74) is 5.41. The molecule has 5 heteroatoms. The van der Waals surface area contributed by atoms with Gasteiger partial charge in [0, 0.05) is 12.5 Å². The minimum absolute atomic E-state index is 0.0628. The first-order valence-corrected chi connectivity index (χ1v) is 7.27. The fourth-order valence-electron chi connectivity index (χ4n) is 2.19. The molecule has 0 radical (unpaired) electrons. The van der Waals surface area contributed by atoms with E-state index in [4.69, 9.17) is 10.8 Å². The van der Waals surface area contributed by atoms with Crippen molar-refractivity contribution in [1.82, 2.24) is 5.32 Å². The summed E-state index contributed by atoms with van der Waals surface area (Å²) in [5, 5.41) is 11.8. The van der Waals surface area contributed by atoms with Crippen molar-refractivity contribution in [2.75, 3.05) is 6.54 Å². The lowest BCUT2D eigenvalue weighted by Crippen LogP contribution is -2.45. The second kappa shape index (κ2) is 8.25. The van der Waals surface area contributed by atoms with Crippen LogP contribution in [0.15, 0.2) is 0 Å². The zero-order valence-corrected chi connectivity index (χ0v) is 13.4. The Balaban J connectivity index is 4.56. The van der Waals surface area contributed by atoms with Crippen LogP contribution in [0.3, 0.4) is 0 Å². The predicted molar refractivity (Wildman–Crippen MR) is 80.3 cm³/mol. The molecule has 0 aromatic carbocycles.